The molecule has 15 heavy (non-hydrogen) atoms. The van der Waals surface area contributed by atoms with Crippen molar-refractivity contribution in [2.45, 2.75) is 19.8 Å². The second-order valence-electron chi connectivity index (χ2n) is 3.11. The fourth-order valence-electron chi connectivity index (χ4n) is 1.19. The number of aromatic nitrogens is 4. The quantitative estimate of drug-likeness (QED) is 0.805. The number of thiazole rings is 1. The van der Waals surface area contributed by atoms with Crippen LogP contribution in [0.25, 0.3) is 0 Å². The molecule has 0 saturated carbocycles. The van der Waals surface area contributed by atoms with E-state index in [1.165, 1.54) is 6.33 Å². The summed E-state index contributed by atoms with van der Waals surface area (Å²) >= 11 is 1.64. The zero-order valence-electron chi connectivity index (χ0n) is 8.53. The van der Waals surface area contributed by atoms with Gasteiger partial charge in [0, 0.05) is 18.3 Å². The summed E-state index contributed by atoms with van der Waals surface area (Å²) in [5.74, 6) is 0.898. The Morgan fingerprint density at radius 2 is 2.47 bits per heavy atom. The third-order valence-corrected chi connectivity index (χ3v) is 2.87. The molecule has 0 fully saturated rings. The molecule has 2 rings (SSSR count). The maximum atomic E-state index is 4.41. The number of hydrogen-bond donors (Lipinski definition) is 2. The van der Waals surface area contributed by atoms with Crippen LogP contribution in [0, 0.1) is 0 Å². The van der Waals surface area contributed by atoms with Gasteiger partial charge in [0.2, 0.25) is 0 Å². The number of nitrogens with one attached hydrogen (secondary N) is 2. The Bertz CT molecular complexity index is 394. The number of hydrogen-bond acceptors (Lipinski definition) is 5. The Morgan fingerprint density at radius 1 is 1.53 bits per heavy atom. The van der Waals surface area contributed by atoms with Gasteiger partial charge in [-0.25, -0.2) is 9.97 Å². The van der Waals surface area contributed by atoms with Gasteiger partial charge in [-0.05, 0) is 6.42 Å². The van der Waals surface area contributed by atoms with Crippen LogP contribution in [0.3, 0.4) is 0 Å². The van der Waals surface area contributed by atoms with Crippen LogP contribution in [0.2, 0.25) is 0 Å². The zero-order valence-corrected chi connectivity index (χ0v) is 9.34. The Balaban J connectivity index is 1.78. The van der Waals surface area contributed by atoms with Gasteiger partial charge in [-0.2, -0.15) is 5.10 Å². The molecule has 0 bridgehead atoms. The average molecular weight is 223 g/mol. The van der Waals surface area contributed by atoms with Crippen LogP contribution < -0.4 is 5.32 Å². The normalized spacial score (nSPS) is 10.5. The summed E-state index contributed by atoms with van der Waals surface area (Å²) in [6.07, 6.45) is 3.34. The maximum absolute atomic E-state index is 4.41. The van der Waals surface area contributed by atoms with Gasteiger partial charge >= 0.3 is 0 Å². The molecule has 6 heteroatoms. The van der Waals surface area contributed by atoms with Crippen LogP contribution >= 0.6 is 11.3 Å². The molecule has 0 atom stereocenters. The van der Waals surface area contributed by atoms with Crippen molar-refractivity contribution in [2.75, 3.05) is 11.9 Å². The molecule has 80 valence electrons. The summed E-state index contributed by atoms with van der Waals surface area (Å²) in [5.41, 5.74) is 1.14. The minimum Gasteiger partial charge on any atom is -0.361 e. The van der Waals surface area contributed by atoms with E-state index in [2.05, 4.69) is 37.8 Å². The van der Waals surface area contributed by atoms with Crippen molar-refractivity contribution in [1.82, 2.24) is 20.2 Å². The third-order valence-electron chi connectivity index (χ3n) is 2.02. The first kappa shape index (κ1) is 10.1. The Kier molecular flexibility index (Phi) is 3.29. The van der Waals surface area contributed by atoms with Gasteiger partial charge in [-0.1, -0.05) is 6.92 Å². The predicted octanol–water partition coefficient (Wildman–Crippen LogP) is 1.48. The second-order valence-corrected chi connectivity index (χ2v) is 3.96. The van der Waals surface area contributed by atoms with Crippen molar-refractivity contribution in [3.8, 4) is 0 Å². The van der Waals surface area contributed by atoms with Gasteiger partial charge in [-0.15, -0.1) is 11.3 Å². The van der Waals surface area contributed by atoms with E-state index >= 15 is 0 Å². The van der Waals surface area contributed by atoms with Crippen LogP contribution in [-0.4, -0.2) is 26.7 Å². The fourth-order valence-corrected chi connectivity index (χ4v) is 2.01. The molecule has 5 nitrogen and oxygen atoms in total. The molecular formula is C9H13N5S. The molecule has 0 aliphatic carbocycles. The lowest BCUT2D eigenvalue weighted by atomic mass is 10.4. The highest BCUT2D eigenvalue weighted by Gasteiger charge is 2.00. The van der Waals surface area contributed by atoms with E-state index in [4.69, 9.17) is 0 Å². The summed E-state index contributed by atoms with van der Waals surface area (Å²) in [6, 6.07) is 0. The highest BCUT2D eigenvalue weighted by Crippen LogP contribution is 2.15. The predicted molar refractivity (Wildman–Crippen MR) is 60.1 cm³/mol. The Labute approximate surface area is 92.0 Å². The van der Waals surface area contributed by atoms with E-state index in [1.54, 1.807) is 11.3 Å². The molecule has 0 aliphatic rings. The lowest BCUT2D eigenvalue weighted by Crippen LogP contribution is -2.05. The summed E-state index contributed by atoms with van der Waals surface area (Å²) in [4.78, 5) is 8.45. The first-order valence-electron chi connectivity index (χ1n) is 4.91. The maximum Gasteiger partial charge on any atom is 0.182 e. The van der Waals surface area contributed by atoms with E-state index in [0.717, 1.165) is 36.0 Å². The lowest BCUT2D eigenvalue weighted by molar-refractivity contribution is 0.898. The monoisotopic (exact) mass is 223 g/mol. The minimum absolute atomic E-state index is 0.825. The number of H-pyrrole nitrogens is 1. The van der Waals surface area contributed by atoms with Crippen molar-refractivity contribution < 1.29 is 0 Å². The number of aryl methyl sites for hydroxylation is 1. The minimum atomic E-state index is 0.825. The van der Waals surface area contributed by atoms with Crippen molar-refractivity contribution in [3.05, 3.63) is 23.2 Å². The van der Waals surface area contributed by atoms with E-state index in [1.807, 2.05) is 0 Å². The summed E-state index contributed by atoms with van der Waals surface area (Å²) in [6.45, 7) is 2.93. The van der Waals surface area contributed by atoms with Gasteiger partial charge < -0.3 is 5.32 Å². The second kappa shape index (κ2) is 4.88. The summed E-state index contributed by atoms with van der Waals surface area (Å²) in [5, 5.41) is 12.9. The van der Waals surface area contributed by atoms with E-state index < -0.39 is 0 Å². The molecule has 2 aromatic heterocycles. The number of aromatic amines is 1. The number of rotatable bonds is 5. The smallest absolute Gasteiger partial charge is 0.182 e. The molecule has 0 saturated heterocycles. The van der Waals surface area contributed by atoms with Gasteiger partial charge in [0.1, 0.15) is 12.2 Å². The van der Waals surface area contributed by atoms with Crippen molar-refractivity contribution >= 4 is 16.5 Å². The first-order valence-corrected chi connectivity index (χ1v) is 5.79. The van der Waals surface area contributed by atoms with E-state index in [-0.39, 0.29) is 0 Å². The highest BCUT2D eigenvalue weighted by molar-refractivity contribution is 7.13. The largest absolute Gasteiger partial charge is 0.361 e. The topological polar surface area (TPSA) is 66.5 Å². The average Bonchev–Trinajstić information content (AvgIpc) is 2.88. The standard InChI is InChI=1S/C9H13N5S/c1-2-7-5-15-9(13-7)10-4-3-8-11-6-12-14-8/h5-6H,2-4H2,1H3,(H,10,13)(H,11,12,14). The molecule has 0 unspecified atom stereocenters. The van der Waals surface area contributed by atoms with Crippen LogP contribution in [-0.2, 0) is 12.8 Å². The molecular weight excluding hydrogens is 210 g/mol. The molecule has 0 amide bonds. The lowest BCUT2D eigenvalue weighted by Gasteiger charge is -1.99. The molecule has 2 heterocycles. The van der Waals surface area contributed by atoms with E-state index in [0.29, 0.717) is 0 Å². The molecule has 0 aromatic carbocycles. The van der Waals surface area contributed by atoms with Gasteiger partial charge in [-0.3, -0.25) is 5.10 Å². The third kappa shape index (κ3) is 2.76. The van der Waals surface area contributed by atoms with Crippen LogP contribution in [0.5, 0.6) is 0 Å². The SMILES string of the molecule is CCc1csc(NCCc2ncn[nH]2)n1. The van der Waals surface area contributed by atoms with Crippen molar-refractivity contribution in [3.63, 3.8) is 0 Å². The van der Waals surface area contributed by atoms with Crippen LogP contribution in [0.15, 0.2) is 11.7 Å². The number of nitrogens with zero attached hydrogens (tertiary/aromatic N) is 3. The fraction of sp³-hybridized carbons (Fsp3) is 0.444. The van der Waals surface area contributed by atoms with Crippen molar-refractivity contribution in [1.29, 1.82) is 0 Å². The van der Waals surface area contributed by atoms with Crippen LogP contribution in [0.1, 0.15) is 18.4 Å². The Hall–Kier alpha value is -1.43. The van der Waals surface area contributed by atoms with Gasteiger partial charge in [0.05, 0.1) is 5.69 Å². The van der Waals surface area contributed by atoms with Crippen LogP contribution in [0.4, 0.5) is 5.13 Å². The van der Waals surface area contributed by atoms with Gasteiger partial charge in [0.15, 0.2) is 5.13 Å². The molecule has 2 N–H and O–H groups in total. The molecule has 0 aliphatic heterocycles. The molecule has 0 radical (unpaired) electrons. The summed E-state index contributed by atoms with van der Waals surface area (Å²) in [7, 11) is 0. The summed E-state index contributed by atoms with van der Waals surface area (Å²) < 4.78 is 0. The van der Waals surface area contributed by atoms with Gasteiger partial charge in [0.25, 0.3) is 0 Å². The van der Waals surface area contributed by atoms with E-state index in [9.17, 15) is 0 Å². The zero-order chi connectivity index (χ0) is 10.5. The Morgan fingerprint density at radius 3 is 3.13 bits per heavy atom. The first-order chi connectivity index (χ1) is 7.38. The molecule has 0 spiro atoms. The highest BCUT2D eigenvalue weighted by atomic mass is 32.1. The van der Waals surface area contributed by atoms with Crippen molar-refractivity contribution in [2.24, 2.45) is 0 Å². The molecule has 2 aromatic rings. The number of anilines is 1.